The van der Waals surface area contributed by atoms with E-state index in [9.17, 15) is 32.5 Å². The van der Waals surface area contributed by atoms with Crippen LogP contribution < -0.4 is 21.7 Å². The second kappa shape index (κ2) is 17.8. The van der Waals surface area contributed by atoms with Crippen molar-refractivity contribution in [3.8, 4) is 11.8 Å². The number of anilines is 1. The number of hydrogen-bond donors (Lipinski definition) is 5. The fraction of sp³-hybridized carbons (Fsp3) is 0.366. The third-order valence-corrected chi connectivity index (χ3v) is 11.1. The summed E-state index contributed by atoms with van der Waals surface area (Å²) in [6.45, 7) is 3.84. The Morgan fingerprint density at radius 3 is 2.41 bits per heavy atom. The number of benzene rings is 3. The molecule has 0 aliphatic carbocycles. The molecule has 0 unspecified atom stereocenters. The van der Waals surface area contributed by atoms with E-state index in [-0.39, 0.29) is 44.7 Å². The molecule has 0 spiro atoms. The van der Waals surface area contributed by atoms with Crippen molar-refractivity contribution in [1.82, 2.24) is 5.32 Å². The molecule has 0 radical (unpaired) electrons. The van der Waals surface area contributed by atoms with Crippen LogP contribution in [0, 0.1) is 17.8 Å². The molecule has 4 atom stereocenters. The second-order valence-electron chi connectivity index (χ2n) is 14.1. The molecule has 3 aromatic carbocycles. The Kier molecular flexibility index (Phi) is 13.4. The first kappa shape index (κ1) is 42.1. The Labute approximate surface area is 323 Å². The number of ether oxygens (including phenoxy) is 1. The number of nitrogens with two attached hydrogens (primary N) is 2. The van der Waals surface area contributed by atoms with Crippen LogP contribution in [-0.2, 0) is 53.6 Å². The maximum Gasteiger partial charge on any atom is 0.399 e. The SMILES string of the molecule is C/C(=C\C(=O)C[C@H]1CCc2cccc3c2N(C1=O)[C@H](C(=O)N[C@@H](CCC(N)=O)[C@@H](C)OCc1ccc(C#CCN)cc1)C3)c1ccc(C(F)(F)P(=O)(O)O)cc1. The molecule has 3 amide bonds. The number of primary amides is 1. The Bertz CT molecular complexity index is 2110. The van der Waals surface area contributed by atoms with Crippen LogP contribution in [0.25, 0.3) is 5.57 Å². The molecule has 296 valence electrons. The lowest BCUT2D eigenvalue weighted by Gasteiger charge is -2.31. The number of nitrogens with one attached hydrogen (secondary N) is 1. The fourth-order valence-electron chi connectivity index (χ4n) is 7.00. The van der Waals surface area contributed by atoms with Gasteiger partial charge in [0.05, 0.1) is 31.0 Å². The van der Waals surface area contributed by atoms with Gasteiger partial charge in [-0.2, -0.15) is 8.78 Å². The average Bonchev–Trinajstić information content (AvgIpc) is 3.50. The highest BCUT2D eigenvalue weighted by atomic mass is 31.2. The van der Waals surface area contributed by atoms with E-state index < -0.39 is 60.5 Å². The highest BCUT2D eigenvalue weighted by Crippen LogP contribution is 2.59. The van der Waals surface area contributed by atoms with Gasteiger partial charge in [0, 0.05) is 36.3 Å². The van der Waals surface area contributed by atoms with Crippen LogP contribution in [0.15, 0.2) is 72.8 Å². The number of halogens is 2. The molecule has 2 aliphatic heterocycles. The van der Waals surface area contributed by atoms with E-state index in [2.05, 4.69) is 17.2 Å². The van der Waals surface area contributed by atoms with Gasteiger partial charge in [-0.1, -0.05) is 66.4 Å². The lowest BCUT2D eigenvalue weighted by atomic mass is 9.92. The second-order valence-corrected chi connectivity index (χ2v) is 15.7. The summed E-state index contributed by atoms with van der Waals surface area (Å²) in [5.74, 6) is 3.23. The Morgan fingerprint density at radius 2 is 1.77 bits per heavy atom. The van der Waals surface area contributed by atoms with Gasteiger partial charge in [0.1, 0.15) is 6.04 Å². The molecular weight excluding hydrogens is 745 g/mol. The number of aryl methyl sites for hydroxylation is 1. The topological polar surface area (TPSA) is 202 Å². The molecule has 15 heteroatoms. The number of alkyl halides is 2. The predicted molar refractivity (Wildman–Crippen MR) is 206 cm³/mol. The maximum atomic E-state index is 14.3. The van der Waals surface area contributed by atoms with Crippen molar-refractivity contribution in [2.45, 2.75) is 82.8 Å². The summed E-state index contributed by atoms with van der Waals surface area (Å²) in [5.41, 5.74) is 10.5. The summed E-state index contributed by atoms with van der Waals surface area (Å²) < 4.78 is 45.7. The van der Waals surface area contributed by atoms with E-state index in [0.29, 0.717) is 29.7 Å². The van der Waals surface area contributed by atoms with Crippen molar-refractivity contribution in [2.24, 2.45) is 17.4 Å². The minimum Gasteiger partial charge on any atom is -0.372 e. The molecule has 3 aromatic rings. The Hall–Kier alpha value is -5.03. The normalized spacial score (nSPS) is 17.9. The minimum atomic E-state index is -5.75. The minimum absolute atomic E-state index is 0.00795. The smallest absolute Gasteiger partial charge is 0.372 e. The molecule has 0 aromatic heterocycles. The molecule has 56 heavy (non-hydrogen) atoms. The highest BCUT2D eigenvalue weighted by Gasteiger charge is 2.50. The maximum absolute atomic E-state index is 14.3. The molecule has 5 rings (SSSR count). The number of nitrogens with zero attached hydrogens (tertiary/aromatic N) is 1. The van der Waals surface area contributed by atoms with Crippen LogP contribution in [0.1, 0.15) is 72.9 Å². The number of carbonyl (C=O) groups excluding carboxylic acids is 4. The van der Waals surface area contributed by atoms with Gasteiger partial charge in [0.25, 0.3) is 0 Å². The summed E-state index contributed by atoms with van der Waals surface area (Å²) >= 11 is 0. The van der Waals surface area contributed by atoms with E-state index in [0.717, 1.165) is 34.4 Å². The van der Waals surface area contributed by atoms with Crippen LogP contribution >= 0.6 is 7.60 Å². The molecule has 2 aliphatic rings. The summed E-state index contributed by atoms with van der Waals surface area (Å²) in [5, 5.41) is 3.03. The van der Waals surface area contributed by atoms with Crippen molar-refractivity contribution in [1.29, 1.82) is 0 Å². The molecular formula is C41H45F2N4O8P. The Morgan fingerprint density at radius 1 is 1.09 bits per heavy atom. The Balaban J connectivity index is 1.30. The molecule has 2 heterocycles. The van der Waals surface area contributed by atoms with Crippen LogP contribution in [0.3, 0.4) is 0 Å². The van der Waals surface area contributed by atoms with Crippen molar-refractivity contribution < 1.29 is 47.0 Å². The number of carbonyl (C=O) groups is 4. The lowest BCUT2D eigenvalue weighted by Crippen LogP contribution is -2.54. The average molecular weight is 791 g/mol. The fourth-order valence-corrected chi connectivity index (χ4v) is 7.48. The van der Waals surface area contributed by atoms with Gasteiger partial charge in [-0.25, -0.2) is 0 Å². The summed E-state index contributed by atoms with van der Waals surface area (Å²) in [6, 6.07) is 15.8. The van der Waals surface area contributed by atoms with E-state index in [1.54, 1.807) is 13.8 Å². The van der Waals surface area contributed by atoms with E-state index in [1.165, 1.54) is 23.1 Å². The predicted octanol–water partition coefficient (Wildman–Crippen LogP) is 4.46. The first-order valence-corrected chi connectivity index (χ1v) is 19.8. The molecule has 0 bridgehead atoms. The summed E-state index contributed by atoms with van der Waals surface area (Å²) in [7, 11) is -5.75. The third-order valence-electron chi connectivity index (χ3n) is 10.1. The monoisotopic (exact) mass is 790 g/mol. The molecule has 12 nitrogen and oxygen atoms in total. The highest BCUT2D eigenvalue weighted by molar-refractivity contribution is 7.52. The first-order valence-electron chi connectivity index (χ1n) is 18.2. The van der Waals surface area contributed by atoms with Gasteiger partial charge >= 0.3 is 13.3 Å². The number of rotatable bonds is 15. The number of amides is 3. The van der Waals surface area contributed by atoms with Gasteiger partial charge in [-0.05, 0) is 79.1 Å². The zero-order chi connectivity index (χ0) is 40.8. The summed E-state index contributed by atoms with van der Waals surface area (Å²) in [4.78, 5) is 73.2. The van der Waals surface area contributed by atoms with Crippen molar-refractivity contribution >= 4 is 42.4 Å². The molecule has 0 saturated carbocycles. The van der Waals surface area contributed by atoms with Crippen LogP contribution in [0.4, 0.5) is 14.5 Å². The van der Waals surface area contributed by atoms with E-state index in [1.807, 2.05) is 42.5 Å². The van der Waals surface area contributed by atoms with Crippen LogP contribution in [-0.4, -0.2) is 58.0 Å². The number of hydrogen-bond acceptors (Lipinski definition) is 7. The molecule has 0 saturated heterocycles. The van der Waals surface area contributed by atoms with E-state index in [4.69, 9.17) is 26.0 Å². The zero-order valence-corrected chi connectivity index (χ0v) is 31.9. The van der Waals surface area contributed by atoms with Crippen molar-refractivity contribution in [3.05, 3.63) is 106 Å². The number of allylic oxidation sites excluding steroid dienone is 2. The summed E-state index contributed by atoms with van der Waals surface area (Å²) in [6.07, 6.45) is 1.85. The number of ketones is 1. The van der Waals surface area contributed by atoms with Gasteiger partial charge in [0.15, 0.2) is 5.78 Å². The van der Waals surface area contributed by atoms with Gasteiger partial charge in [-0.15, -0.1) is 0 Å². The zero-order valence-electron chi connectivity index (χ0n) is 31.0. The van der Waals surface area contributed by atoms with E-state index >= 15 is 0 Å². The molecule has 7 N–H and O–H groups in total. The standard InChI is InChI=1S/C41H45F2N4O8P/c1-25(29-14-16-33(17-15-29)41(42,43)56(52,53)54)21-34(48)22-32-13-12-30-6-3-7-31-23-36(47(38(30)31)40(32)51)39(50)46-35(18-19-37(45)49)26(2)55-24-28-10-8-27(9-11-28)5-4-20-44/h3,6-11,14-17,21,26,32,35-36H,12-13,18-20,22-24,44H2,1-2H3,(H2,45,49)(H,46,50)(H2,52,53,54)/b25-21+/t26-,32-,35+,36+/m1/s1. The molecule has 0 fully saturated rings. The van der Waals surface area contributed by atoms with Crippen LogP contribution in [0.2, 0.25) is 0 Å². The van der Waals surface area contributed by atoms with Gasteiger partial charge < -0.3 is 31.3 Å². The quantitative estimate of drug-likeness (QED) is 0.0837. The van der Waals surface area contributed by atoms with Gasteiger partial charge in [0.2, 0.25) is 17.7 Å². The number of para-hydroxylation sites is 1. The lowest BCUT2D eigenvalue weighted by molar-refractivity contribution is -0.130. The van der Waals surface area contributed by atoms with Crippen molar-refractivity contribution in [2.75, 3.05) is 11.4 Å². The third kappa shape index (κ3) is 9.85. The largest absolute Gasteiger partial charge is 0.399 e. The van der Waals surface area contributed by atoms with Crippen LogP contribution in [0.5, 0.6) is 0 Å². The van der Waals surface area contributed by atoms with Gasteiger partial charge in [-0.3, -0.25) is 28.6 Å². The first-order chi connectivity index (χ1) is 26.5. The van der Waals surface area contributed by atoms with Crippen molar-refractivity contribution in [3.63, 3.8) is 0 Å².